The Kier molecular flexibility index (Phi) is 3.58. The minimum atomic E-state index is -0.646. The summed E-state index contributed by atoms with van der Waals surface area (Å²) in [5, 5.41) is 11.3. The molecule has 0 unspecified atom stereocenters. The molecule has 1 aliphatic rings. The van der Waals surface area contributed by atoms with Crippen LogP contribution >= 0.6 is 0 Å². The molecule has 1 aromatic carbocycles. The maximum absolute atomic E-state index is 11.8. The highest BCUT2D eigenvalue weighted by atomic mass is 16.2. The van der Waals surface area contributed by atoms with E-state index in [0.717, 1.165) is 12.8 Å². The van der Waals surface area contributed by atoms with Crippen molar-refractivity contribution in [1.82, 2.24) is 4.90 Å². The molecule has 0 saturated carbocycles. The van der Waals surface area contributed by atoms with Crippen LogP contribution in [0.15, 0.2) is 24.3 Å². The van der Waals surface area contributed by atoms with Gasteiger partial charge in [-0.3, -0.25) is 9.59 Å². The van der Waals surface area contributed by atoms with Gasteiger partial charge < -0.3 is 10.2 Å². The Morgan fingerprint density at radius 3 is 2.67 bits per heavy atom. The molecule has 0 bridgehead atoms. The smallest absolute Gasteiger partial charge is 0.313 e. The summed E-state index contributed by atoms with van der Waals surface area (Å²) in [7, 11) is 0. The fourth-order valence-electron chi connectivity index (χ4n) is 1.91. The molecule has 5 nitrogen and oxygen atoms in total. The second kappa shape index (κ2) is 5.32. The van der Waals surface area contributed by atoms with Crippen LogP contribution in [0, 0.1) is 11.3 Å². The number of nitrogens with one attached hydrogen (secondary N) is 1. The fraction of sp³-hybridized carbons (Fsp3) is 0.308. The summed E-state index contributed by atoms with van der Waals surface area (Å²) < 4.78 is 0. The van der Waals surface area contributed by atoms with Crippen LogP contribution in [0.4, 0.5) is 5.69 Å². The zero-order chi connectivity index (χ0) is 13.0. The van der Waals surface area contributed by atoms with Crippen LogP contribution in [0.2, 0.25) is 0 Å². The lowest BCUT2D eigenvalue weighted by Crippen LogP contribution is -2.37. The van der Waals surface area contributed by atoms with Crippen molar-refractivity contribution in [3.05, 3.63) is 29.8 Å². The van der Waals surface area contributed by atoms with Crippen molar-refractivity contribution in [3.63, 3.8) is 0 Å². The molecule has 1 aromatic rings. The number of likely N-dealkylation sites (tertiary alicyclic amines) is 1. The van der Waals surface area contributed by atoms with Crippen molar-refractivity contribution in [2.75, 3.05) is 18.4 Å². The first kappa shape index (κ1) is 12.1. The highest BCUT2D eigenvalue weighted by Crippen LogP contribution is 2.11. The van der Waals surface area contributed by atoms with E-state index >= 15 is 0 Å². The molecule has 1 heterocycles. The molecule has 92 valence electrons. The molecular weight excluding hydrogens is 230 g/mol. The lowest BCUT2D eigenvalue weighted by Gasteiger charge is -2.14. The molecule has 5 heteroatoms. The zero-order valence-electron chi connectivity index (χ0n) is 9.85. The van der Waals surface area contributed by atoms with Crippen LogP contribution in [0.1, 0.15) is 18.4 Å². The van der Waals surface area contributed by atoms with Crippen LogP contribution in [0.5, 0.6) is 0 Å². The first-order chi connectivity index (χ1) is 8.70. The van der Waals surface area contributed by atoms with Crippen molar-refractivity contribution >= 4 is 17.5 Å². The van der Waals surface area contributed by atoms with Crippen molar-refractivity contribution in [1.29, 1.82) is 5.26 Å². The summed E-state index contributed by atoms with van der Waals surface area (Å²) in [6, 6.07) is 8.46. The van der Waals surface area contributed by atoms with Crippen LogP contribution in [0.25, 0.3) is 0 Å². The van der Waals surface area contributed by atoms with Gasteiger partial charge in [-0.05, 0) is 31.0 Å². The quantitative estimate of drug-likeness (QED) is 0.751. The van der Waals surface area contributed by atoms with Gasteiger partial charge in [0.15, 0.2) is 0 Å². The molecule has 1 saturated heterocycles. The summed E-state index contributed by atoms with van der Waals surface area (Å²) >= 11 is 0. The molecule has 2 amide bonds. The van der Waals surface area contributed by atoms with E-state index in [1.54, 1.807) is 23.1 Å². The molecule has 0 aliphatic carbocycles. The van der Waals surface area contributed by atoms with Crippen molar-refractivity contribution in [3.8, 4) is 6.07 Å². The highest BCUT2D eigenvalue weighted by Gasteiger charge is 2.24. The number of benzene rings is 1. The second-order valence-corrected chi connectivity index (χ2v) is 4.15. The van der Waals surface area contributed by atoms with E-state index in [9.17, 15) is 9.59 Å². The first-order valence-corrected chi connectivity index (χ1v) is 5.81. The van der Waals surface area contributed by atoms with E-state index in [2.05, 4.69) is 5.32 Å². The zero-order valence-corrected chi connectivity index (χ0v) is 9.85. The number of carbonyl (C=O) groups excluding carboxylic acids is 2. The predicted octanol–water partition coefficient (Wildman–Crippen LogP) is 1.12. The monoisotopic (exact) mass is 243 g/mol. The Morgan fingerprint density at radius 1 is 1.28 bits per heavy atom. The largest absolute Gasteiger partial charge is 0.334 e. The molecule has 18 heavy (non-hydrogen) atoms. The van der Waals surface area contributed by atoms with E-state index in [1.165, 1.54) is 6.07 Å². The summed E-state index contributed by atoms with van der Waals surface area (Å²) in [4.78, 5) is 25.0. The lowest BCUT2D eigenvalue weighted by molar-refractivity contribution is -0.142. The number of hydrogen-bond donors (Lipinski definition) is 1. The third kappa shape index (κ3) is 2.66. The average molecular weight is 243 g/mol. The standard InChI is InChI=1S/C13H13N3O2/c14-9-10-4-3-5-11(8-10)15-12(17)13(18)16-6-1-2-7-16/h3-5,8H,1-2,6-7H2,(H,15,17). The Bertz CT molecular complexity index is 513. The topological polar surface area (TPSA) is 73.2 Å². The van der Waals surface area contributed by atoms with Gasteiger partial charge in [0, 0.05) is 18.8 Å². The number of carbonyl (C=O) groups is 2. The minimum Gasteiger partial charge on any atom is -0.334 e. The Morgan fingerprint density at radius 2 is 2.00 bits per heavy atom. The number of amides is 2. The predicted molar refractivity (Wildman–Crippen MR) is 65.6 cm³/mol. The van der Waals surface area contributed by atoms with Gasteiger partial charge in [0.05, 0.1) is 11.6 Å². The summed E-state index contributed by atoms with van der Waals surface area (Å²) in [5.74, 6) is -1.15. The summed E-state index contributed by atoms with van der Waals surface area (Å²) in [6.07, 6.45) is 1.89. The molecule has 0 atom stereocenters. The number of anilines is 1. The molecule has 1 aliphatic heterocycles. The SMILES string of the molecule is N#Cc1cccc(NC(=O)C(=O)N2CCCC2)c1. The second-order valence-electron chi connectivity index (χ2n) is 4.15. The number of rotatable bonds is 1. The normalized spacial score (nSPS) is 14.1. The lowest BCUT2D eigenvalue weighted by atomic mass is 10.2. The van der Waals surface area contributed by atoms with Crippen LogP contribution < -0.4 is 5.32 Å². The third-order valence-electron chi connectivity index (χ3n) is 2.84. The molecular formula is C13H13N3O2. The minimum absolute atomic E-state index is 0.446. The Balaban J connectivity index is 2.02. The van der Waals surface area contributed by atoms with Crippen molar-refractivity contribution in [2.24, 2.45) is 0 Å². The van der Waals surface area contributed by atoms with Gasteiger partial charge in [-0.15, -0.1) is 0 Å². The number of hydrogen-bond acceptors (Lipinski definition) is 3. The van der Waals surface area contributed by atoms with Gasteiger partial charge in [-0.25, -0.2) is 0 Å². The maximum Gasteiger partial charge on any atom is 0.313 e. The molecule has 1 fully saturated rings. The molecule has 1 N–H and O–H groups in total. The average Bonchev–Trinajstić information content (AvgIpc) is 2.92. The van der Waals surface area contributed by atoms with Crippen LogP contribution in [0.3, 0.4) is 0 Å². The molecule has 0 radical (unpaired) electrons. The van der Waals surface area contributed by atoms with Gasteiger partial charge in [-0.2, -0.15) is 5.26 Å². The summed E-state index contributed by atoms with van der Waals surface area (Å²) in [5.41, 5.74) is 0.910. The molecule has 0 aromatic heterocycles. The van der Waals surface area contributed by atoms with Gasteiger partial charge in [0.2, 0.25) is 0 Å². The van der Waals surface area contributed by atoms with Gasteiger partial charge in [-0.1, -0.05) is 6.07 Å². The van der Waals surface area contributed by atoms with Gasteiger partial charge in [0.25, 0.3) is 0 Å². The Labute approximate surface area is 105 Å². The molecule has 0 spiro atoms. The van der Waals surface area contributed by atoms with E-state index in [4.69, 9.17) is 5.26 Å². The van der Waals surface area contributed by atoms with Gasteiger partial charge >= 0.3 is 11.8 Å². The fourth-order valence-corrected chi connectivity index (χ4v) is 1.91. The highest BCUT2D eigenvalue weighted by molar-refractivity contribution is 6.39. The van der Waals surface area contributed by atoms with Gasteiger partial charge in [0.1, 0.15) is 0 Å². The van der Waals surface area contributed by atoms with E-state index in [1.807, 2.05) is 6.07 Å². The first-order valence-electron chi connectivity index (χ1n) is 5.81. The van der Waals surface area contributed by atoms with E-state index in [0.29, 0.717) is 24.3 Å². The van der Waals surface area contributed by atoms with E-state index < -0.39 is 11.8 Å². The maximum atomic E-state index is 11.8. The summed E-state index contributed by atoms with van der Waals surface area (Å²) in [6.45, 7) is 1.29. The van der Waals surface area contributed by atoms with Crippen molar-refractivity contribution in [2.45, 2.75) is 12.8 Å². The number of nitrogens with zero attached hydrogens (tertiary/aromatic N) is 2. The van der Waals surface area contributed by atoms with Crippen LogP contribution in [-0.2, 0) is 9.59 Å². The molecule has 2 rings (SSSR count). The van der Waals surface area contributed by atoms with E-state index in [-0.39, 0.29) is 0 Å². The third-order valence-corrected chi connectivity index (χ3v) is 2.84. The Hall–Kier alpha value is -2.35. The van der Waals surface area contributed by atoms with Crippen molar-refractivity contribution < 1.29 is 9.59 Å². The van der Waals surface area contributed by atoms with Crippen LogP contribution in [-0.4, -0.2) is 29.8 Å². The number of nitriles is 1.